The van der Waals surface area contributed by atoms with E-state index in [9.17, 15) is 8.42 Å². The number of imidazole rings is 1. The number of hydrogen-bond acceptors (Lipinski definition) is 3. The van der Waals surface area contributed by atoms with Gasteiger partial charge in [0.1, 0.15) is 5.82 Å². The lowest BCUT2D eigenvalue weighted by Gasteiger charge is -2.08. The first-order valence-corrected chi connectivity index (χ1v) is 7.05. The second-order valence-corrected chi connectivity index (χ2v) is 5.98. The zero-order valence-electron chi connectivity index (χ0n) is 9.86. The molecule has 18 heavy (non-hydrogen) atoms. The summed E-state index contributed by atoms with van der Waals surface area (Å²) in [5.74, 6) is 0.533. The number of nitrogens with zero attached hydrogens (tertiary/aromatic N) is 1. The lowest BCUT2D eigenvalue weighted by atomic mass is 10.2. The Morgan fingerprint density at radius 2 is 2.06 bits per heavy atom. The third-order valence-corrected chi connectivity index (χ3v) is 3.93. The summed E-state index contributed by atoms with van der Waals surface area (Å²) in [7, 11) is -3.68. The van der Waals surface area contributed by atoms with E-state index in [0.29, 0.717) is 16.5 Å². The fourth-order valence-corrected chi connectivity index (χ4v) is 2.83. The Balaban J connectivity index is 2.33. The molecular weight excluding hydrogens is 274 g/mol. The van der Waals surface area contributed by atoms with Gasteiger partial charge in [-0.2, -0.15) is 8.42 Å². The predicted octanol–water partition coefficient (Wildman–Crippen LogP) is 2.48. The van der Waals surface area contributed by atoms with Crippen molar-refractivity contribution < 1.29 is 8.42 Å². The van der Waals surface area contributed by atoms with Gasteiger partial charge in [-0.15, -0.1) is 0 Å². The Hall–Kier alpha value is -1.53. The monoisotopic (exact) mass is 285 g/mol. The SMILES string of the molecule is Cc1ccc(NS(=O)(=O)c2cnc(C)[nH]2)c(Cl)c1. The van der Waals surface area contributed by atoms with Crippen LogP contribution in [0, 0.1) is 13.8 Å². The normalized spacial score (nSPS) is 11.5. The minimum absolute atomic E-state index is 0.0108. The molecule has 7 heteroatoms. The van der Waals surface area contributed by atoms with Crippen LogP contribution in [0.1, 0.15) is 11.4 Å². The Morgan fingerprint density at radius 1 is 1.33 bits per heavy atom. The number of H-pyrrole nitrogens is 1. The Morgan fingerprint density at radius 3 is 2.61 bits per heavy atom. The van der Waals surface area contributed by atoms with E-state index in [0.717, 1.165) is 5.56 Å². The van der Waals surface area contributed by atoms with Gasteiger partial charge in [-0.1, -0.05) is 17.7 Å². The first-order chi connectivity index (χ1) is 8.38. The van der Waals surface area contributed by atoms with Crippen LogP contribution in [-0.2, 0) is 10.0 Å². The third-order valence-electron chi connectivity index (χ3n) is 2.34. The van der Waals surface area contributed by atoms with Crippen LogP contribution < -0.4 is 4.72 Å². The summed E-state index contributed by atoms with van der Waals surface area (Å²) in [5.41, 5.74) is 1.30. The molecule has 0 fully saturated rings. The maximum Gasteiger partial charge on any atom is 0.279 e. The van der Waals surface area contributed by atoms with E-state index in [-0.39, 0.29) is 5.03 Å². The molecule has 0 aliphatic carbocycles. The molecule has 2 aromatic rings. The van der Waals surface area contributed by atoms with Crippen LogP contribution in [0.2, 0.25) is 5.02 Å². The summed E-state index contributed by atoms with van der Waals surface area (Å²) in [6.45, 7) is 3.56. The van der Waals surface area contributed by atoms with Gasteiger partial charge in [0.25, 0.3) is 10.0 Å². The van der Waals surface area contributed by atoms with Gasteiger partial charge >= 0.3 is 0 Å². The molecule has 0 unspecified atom stereocenters. The molecule has 2 N–H and O–H groups in total. The van der Waals surface area contributed by atoms with Crippen LogP contribution >= 0.6 is 11.6 Å². The molecule has 1 heterocycles. The van der Waals surface area contributed by atoms with Crippen LogP contribution in [0.15, 0.2) is 29.4 Å². The Kier molecular flexibility index (Phi) is 3.32. The maximum absolute atomic E-state index is 12.0. The minimum atomic E-state index is -3.68. The highest BCUT2D eigenvalue weighted by atomic mass is 35.5. The van der Waals surface area contributed by atoms with Crippen molar-refractivity contribution >= 4 is 27.3 Å². The van der Waals surface area contributed by atoms with Crippen molar-refractivity contribution in [2.45, 2.75) is 18.9 Å². The van der Waals surface area contributed by atoms with E-state index in [4.69, 9.17) is 11.6 Å². The van der Waals surface area contributed by atoms with E-state index >= 15 is 0 Å². The Labute approximate surface area is 110 Å². The fourth-order valence-electron chi connectivity index (χ4n) is 1.44. The van der Waals surface area contributed by atoms with E-state index in [1.165, 1.54) is 6.20 Å². The quantitative estimate of drug-likeness (QED) is 0.910. The highest BCUT2D eigenvalue weighted by Crippen LogP contribution is 2.25. The number of sulfonamides is 1. The van der Waals surface area contributed by atoms with Crippen molar-refractivity contribution in [1.82, 2.24) is 9.97 Å². The molecule has 1 aromatic heterocycles. The fraction of sp³-hybridized carbons (Fsp3) is 0.182. The maximum atomic E-state index is 12.0. The lowest BCUT2D eigenvalue weighted by Crippen LogP contribution is -2.13. The first kappa shape index (κ1) is 12.9. The third kappa shape index (κ3) is 2.65. The van der Waals surface area contributed by atoms with Crippen molar-refractivity contribution in [1.29, 1.82) is 0 Å². The summed E-state index contributed by atoms with van der Waals surface area (Å²) in [6.07, 6.45) is 1.26. The number of aromatic amines is 1. The summed E-state index contributed by atoms with van der Waals surface area (Å²) >= 11 is 5.98. The summed E-state index contributed by atoms with van der Waals surface area (Å²) < 4.78 is 26.4. The number of aromatic nitrogens is 2. The first-order valence-electron chi connectivity index (χ1n) is 5.19. The second kappa shape index (κ2) is 4.62. The van der Waals surface area contributed by atoms with Gasteiger partial charge in [0.05, 0.1) is 16.9 Å². The van der Waals surface area contributed by atoms with E-state index in [1.807, 2.05) is 6.92 Å². The molecule has 2 rings (SSSR count). The summed E-state index contributed by atoms with van der Waals surface area (Å²) in [6, 6.07) is 5.10. The van der Waals surface area contributed by atoms with Crippen LogP contribution in [0.3, 0.4) is 0 Å². The number of aryl methyl sites for hydroxylation is 2. The Bertz CT molecular complexity index is 679. The number of rotatable bonds is 3. The van der Waals surface area contributed by atoms with Crippen molar-refractivity contribution in [3.05, 3.63) is 40.8 Å². The van der Waals surface area contributed by atoms with Crippen LogP contribution in [0.25, 0.3) is 0 Å². The summed E-state index contributed by atoms with van der Waals surface area (Å²) in [5, 5.41) is 0.367. The van der Waals surface area contributed by atoms with Gasteiger partial charge in [-0.05, 0) is 31.5 Å². The molecule has 0 radical (unpaired) electrons. The van der Waals surface area contributed by atoms with E-state index < -0.39 is 10.0 Å². The van der Waals surface area contributed by atoms with Gasteiger partial charge in [0, 0.05) is 0 Å². The van der Waals surface area contributed by atoms with Crippen molar-refractivity contribution in [3.63, 3.8) is 0 Å². The van der Waals surface area contributed by atoms with Gasteiger partial charge in [0.15, 0.2) is 5.03 Å². The van der Waals surface area contributed by atoms with Crippen LogP contribution in [-0.4, -0.2) is 18.4 Å². The molecular formula is C11H12ClN3O2S. The molecule has 0 aliphatic rings. The second-order valence-electron chi connectivity index (χ2n) is 3.92. The molecule has 5 nitrogen and oxygen atoms in total. The highest BCUT2D eigenvalue weighted by molar-refractivity contribution is 7.92. The number of benzene rings is 1. The highest BCUT2D eigenvalue weighted by Gasteiger charge is 2.17. The molecule has 0 saturated carbocycles. The molecule has 0 spiro atoms. The van der Waals surface area contributed by atoms with Crippen LogP contribution in [0.5, 0.6) is 0 Å². The average Bonchev–Trinajstić information content (AvgIpc) is 2.70. The van der Waals surface area contributed by atoms with E-state index in [1.54, 1.807) is 25.1 Å². The number of halogens is 1. The molecule has 1 aromatic carbocycles. The number of nitrogens with one attached hydrogen (secondary N) is 2. The molecule has 0 atom stereocenters. The van der Waals surface area contributed by atoms with Gasteiger partial charge in [-0.25, -0.2) is 4.98 Å². The van der Waals surface area contributed by atoms with Crippen LogP contribution in [0.4, 0.5) is 5.69 Å². The predicted molar refractivity (Wildman–Crippen MR) is 70.3 cm³/mol. The van der Waals surface area contributed by atoms with Crippen molar-refractivity contribution in [2.75, 3.05) is 4.72 Å². The average molecular weight is 286 g/mol. The summed E-state index contributed by atoms with van der Waals surface area (Å²) in [4.78, 5) is 6.52. The zero-order chi connectivity index (χ0) is 13.3. The van der Waals surface area contributed by atoms with Gasteiger partial charge < -0.3 is 4.98 Å². The number of hydrogen-bond donors (Lipinski definition) is 2. The zero-order valence-corrected chi connectivity index (χ0v) is 11.4. The molecule has 0 amide bonds. The van der Waals surface area contributed by atoms with Gasteiger partial charge in [0.2, 0.25) is 0 Å². The minimum Gasteiger partial charge on any atom is -0.332 e. The lowest BCUT2D eigenvalue weighted by molar-refractivity contribution is 0.598. The van der Waals surface area contributed by atoms with Crippen molar-refractivity contribution in [3.8, 4) is 0 Å². The van der Waals surface area contributed by atoms with Crippen molar-refractivity contribution in [2.24, 2.45) is 0 Å². The smallest absolute Gasteiger partial charge is 0.279 e. The molecule has 0 aliphatic heterocycles. The van der Waals surface area contributed by atoms with E-state index in [2.05, 4.69) is 14.7 Å². The van der Waals surface area contributed by atoms with Gasteiger partial charge in [-0.3, -0.25) is 4.72 Å². The topological polar surface area (TPSA) is 74.8 Å². The number of anilines is 1. The largest absolute Gasteiger partial charge is 0.332 e. The molecule has 0 bridgehead atoms. The molecule has 96 valence electrons. The molecule has 0 saturated heterocycles. The standard InChI is InChI=1S/C11H12ClN3O2S/c1-7-3-4-10(9(12)5-7)15-18(16,17)11-6-13-8(2)14-11/h3-6,15H,1-2H3,(H,13,14).